The van der Waals surface area contributed by atoms with E-state index in [-0.39, 0.29) is 18.1 Å². The molecule has 1 heterocycles. The Hall–Kier alpha value is -1.35. The molecule has 1 N–H and O–H groups in total. The van der Waals surface area contributed by atoms with Crippen LogP contribution in [-0.4, -0.2) is 23.4 Å². The molecular formula is C16H24N2O. The minimum atomic E-state index is 0.0350. The van der Waals surface area contributed by atoms with Gasteiger partial charge in [0.15, 0.2) is 0 Å². The molecule has 104 valence electrons. The monoisotopic (exact) mass is 260 g/mol. The molecular weight excluding hydrogens is 236 g/mol. The van der Waals surface area contributed by atoms with E-state index >= 15 is 0 Å². The highest BCUT2D eigenvalue weighted by atomic mass is 16.2. The minimum absolute atomic E-state index is 0.0350. The van der Waals surface area contributed by atoms with Gasteiger partial charge in [0.2, 0.25) is 5.91 Å². The Morgan fingerprint density at radius 2 is 2.00 bits per heavy atom. The second-order valence-electron chi connectivity index (χ2n) is 5.59. The Labute approximate surface area is 116 Å². The topological polar surface area (TPSA) is 32.3 Å². The van der Waals surface area contributed by atoms with Crippen molar-refractivity contribution in [2.45, 2.75) is 45.8 Å². The van der Waals surface area contributed by atoms with Crippen molar-refractivity contribution in [2.24, 2.45) is 5.92 Å². The second kappa shape index (κ2) is 6.20. The number of hydrogen-bond donors (Lipinski definition) is 1. The van der Waals surface area contributed by atoms with Gasteiger partial charge < -0.3 is 4.90 Å². The van der Waals surface area contributed by atoms with Crippen LogP contribution in [0.4, 0.5) is 0 Å². The Kier molecular flexibility index (Phi) is 4.59. The summed E-state index contributed by atoms with van der Waals surface area (Å²) in [6.07, 6.45) is 2.26. The molecule has 0 radical (unpaired) electrons. The maximum absolute atomic E-state index is 12.1. The Balaban J connectivity index is 2.14. The van der Waals surface area contributed by atoms with Crippen LogP contribution in [-0.2, 0) is 4.79 Å². The standard InChI is InChI=1S/C16H24N2O/c1-4-12(2)10-13(3)18-15(19)11-17-16(18)14-8-6-5-7-9-14/h5-9,12-13,16-17H,4,10-11H2,1-3H3. The van der Waals surface area contributed by atoms with Gasteiger partial charge in [0, 0.05) is 6.04 Å². The third kappa shape index (κ3) is 3.16. The van der Waals surface area contributed by atoms with Crippen molar-refractivity contribution in [2.75, 3.05) is 6.54 Å². The van der Waals surface area contributed by atoms with Crippen molar-refractivity contribution in [3.05, 3.63) is 35.9 Å². The van der Waals surface area contributed by atoms with E-state index in [9.17, 15) is 4.79 Å². The molecule has 0 spiro atoms. The predicted molar refractivity (Wildman–Crippen MR) is 77.6 cm³/mol. The number of rotatable bonds is 5. The molecule has 1 aromatic rings. The molecule has 0 aromatic heterocycles. The summed E-state index contributed by atoms with van der Waals surface area (Å²) in [6, 6.07) is 10.5. The Morgan fingerprint density at radius 3 is 2.63 bits per heavy atom. The highest BCUT2D eigenvalue weighted by molar-refractivity contribution is 5.81. The molecule has 1 fully saturated rings. The fourth-order valence-corrected chi connectivity index (χ4v) is 2.79. The van der Waals surface area contributed by atoms with Gasteiger partial charge in [-0.05, 0) is 24.8 Å². The molecule has 1 saturated heterocycles. The smallest absolute Gasteiger partial charge is 0.238 e. The SMILES string of the molecule is CCC(C)CC(C)N1C(=O)CNC1c1ccccc1. The summed E-state index contributed by atoms with van der Waals surface area (Å²) < 4.78 is 0. The maximum Gasteiger partial charge on any atom is 0.238 e. The van der Waals surface area contributed by atoms with E-state index in [0.717, 1.165) is 12.8 Å². The molecule has 3 nitrogen and oxygen atoms in total. The molecule has 2 rings (SSSR count). The zero-order chi connectivity index (χ0) is 13.8. The van der Waals surface area contributed by atoms with Gasteiger partial charge >= 0.3 is 0 Å². The van der Waals surface area contributed by atoms with Gasteiger partial charge in [0.25, 0.3) is 0 Å². The maximum atomic E-state index is 12.1. The summed E-state index contributed by atoms with van der Waals surface area (Å²) in [7, 11) is 0. The molecule has 3 unspecified atom stereocenters. The Bertz CT molecular complexity index is 418. The fourth-order valence-electron chi connectivity index (χ4n) is 2.79. The number of carbonyl (C=O) groups excluding carboxylic acids is 1. The molecule has 0 saturated carbocycles. The lowest BCUT2D eigenvalue weighted by atomic mass is 9.98. The van der Waals surface area contributed by atoms with Gasteiger partial charge in [0.1, 0.15) is 6.17 Å². The summed E-state index contributed by atoms with van der Waals surface area (Å²) in [6.45, 7) is 7.07. The molecule has 0 aliphatic carbocycles. The van der Waals surface area contributed by atoms with Crippen molar-refractivity contribution < 1.29 is 4.79 Å². The molecule has 19 heavy (non-hydrogen) atoms. The van der Waals surface area contributed by atoms with Crippen molar-refractivity contribution in [3.63, 3.8) is 0 Å². The van der Waals surface area contributed by atoms with Crippen LogP contribution in [0.1, 0.15) is 45.3 Å². The third-order valence-corrected chi connectivity index (χ3v) is 4.04. The van der Waals surface area contributed by atoms with Crippen LogP contribution in [0.3, 0.4) is 0 Å². The normalized spacial score (nSPS) is 22.6. The largest absolute Gasteiger partial charge is 0.319 e. The van der Waals surface area contributed by atoms with Crippen LogP contribution in [0.25, 0.3) is 0 Å². The van der Waals surface area contributed by atoms with Crippen molar-refractivity contribution >= 4 is 5.91 Å². The summed E-state index contributed by atoms with van der Waals surface area (Å²) in [5, 5.41) is 3.32. The van der Waals surface area contributed by atoms with Crippen LogP contribution in [0, 0.1) is 5.92 Å². The Morgan fingerprint density at radius 1 is 1.32 bits per heavy atom. The predicted octanol–water partition coefficient (Wildman–Crippen LogP) is 2.94. The lowest BCUT2D eigenvalue weighted by Gasteiger charge is -2.32. The zero-order valence-electron chi connectivity index (χ0n) is 12.1. The van der Waals surface area contributed by atoms with Gasteiger partial charge in [-0.2, -0.15) is 0 Å². The van der Waals surface area contributed by atoms with Crippen LogP contribution < -0.4 is 5.32 Å². The van der Waals surface area contributed by atoms with Crippen LogP contribution in [0.15, 0.2) is 30.3 Å². The summed E-state index contributed by atoms with van der Waals surface area (Å²) in [4.78, 5) is 14.1. The number of nitrogens with zero attached hydrogens (tertiary/aromatic N) is 1. The van der Waals surface area contributed by atoms with Crippen LogP contribution in [0.2, 0.25) is 0 Å². The summed E-state index contributed by atoms with van der Waals surface area (Å²) in [5.74, 6) is 0.865. The second-order valence-corrected chi connectivity index (χ2v) is 5.59. The molecule has 1 aliphatic rings. The summed E-state index contributed by atoms with van der Waals surface area (Å²) in [5.41, 5.74) is 1.17. The summed E-state index contributed by atoms with van der Waals surface area (Å²) >= 11 is 0. The van der Waals surface area contributed by atoms with Gasteiger partial charge in [-0.3, -0.25) is 10.1 Å². The van der Waals surface area contributed by atoms with E-state index in [1.165, 1.54) is 5.56 Å². The molecule has 3 atom stereocenters. The first kappa shape index (κ1) is 14.1. The quantitative estimate of drug-likeness (QED) is 0.883. The van der Waals surface area contributed by atoms with Crippen LogP contribution in [0.5, 0.6) is 0 Å². The number of carbonyl (C=O) groups is 1. The van der Waals surface area contributed by atoms with Gasteiger partial charge in [-0.1, -0.05) is 50.6 Å². The highest BCUT2D eigenvalue weighted by Gasteiger charge is 2.34. The molecule has 1 amide bonds. The molecule has 0 bridgehead atoms. The first-order valence-electron chi connectivity index (χ1n) is 7.23. The van der Waals surface area contributed by atoms with Crippen LogP contribution >= 0.6 is 0 Å². The number of hydrogen-bond acceptors (Lipinski definition) is 2. The first-order valence-corrected chi connectivity index (χ1v) is 7.23. The van der Waals surface area contributed by atoms with E-state index < -0.39 is 0 Å². The molecule has 3 heteroatoms. The van der Waals surface area contributed by atoms with E-state index in [1.54, 1.807) is 0 Å². The number of benzene rings is 1. The average Bonchev–Trinajstić information content (AvgIpc) is 2.81. The van der Waals surface area contributed by atoms with E-state index in [0.29, 0.717) is 12.5 Å². The average molecular weight is 260 g/mol. The van der Waals surface area contributed by atoms with Gasteiger partial charge in [0.05, 0.1) is 6.54 Å². The van der Waals surface area contributed by atoms with Crippen molar-refractivity contribution in [1.29, 1.82) is 0 Å². The third-order valence-electron chi connectivity index (χ3n) is 4.04. The van der Waals surface area contributed by atoms with Crippen molar-refractivity contribution in [1.82, 2.24) is 10.2 Å². The number of amides is 1. The van der Waals surface area contributed by atoms with E-state index in [2.05, 4.69) is 38.2 Å². The lowest BCUT2D eigenvalue weighted by molar-refractivity contribution is -0.130. The van der Waals surface area contributed by atoms with Crippen molar-refractivity contribution in [3.8, 4) is 0 Å². The van der Waals surface area contributed by atoms with E-state index in [1.807, 2.05) is 23.1 Å². The highest BCUT2D eigenvalue weighted by Crippen LogP contribution is 2.27. The van der Waals surface area contributed by atoms with E-state index in [4.69, 9.17) is 0 Å². The fraction of sp³-hybridized carbons (Fsp3) is 0.562. The van der Waals surface area contributed by atoms with Gasteiger partial charge in [-0.15, -0.1) is 0 Å². The van der Waals surface area contributed by atoms with Gasteiger partial charge in [-0.25, -0.2) is 0 Å². The number of nitrogens with one attached hydrogen (secondary N) is 1. The molecule has 1 aliphatic heterocycles. The molecule has 1 aromatic carbocycles. The first-order chi connectivity index (χ1) is 9.13. The minimum Gasteiger partial charge on any atom is -0.319 e. The lowest BCUT2D eigenvalue weighted by Crippen LogP contribution is -2.38. The zero-order valence-corrected chi connectivity index (χ0v) is 12.1.